The predicted octanol–water partition coefficient (Wildman–Crippen LogP) is 2.10. The number of hydrogen-bond acceptors (Lipinski definition) is 6. The maximum atomic E-state index is 5.65. The van der Waals surface area contributed by atoms with Gasteiger partial charge in [0, 0.05) is 5.38 Å². The minimum absolute atomic E-state index is 0.463. The third-order valence-corrected chi connectivity index (χ3v) is 2.56. The second-order valence-electron chi connectivity index (χ2n) is 2.56. The molecule has 0 aliphatic carbocycles. The molecule has 2 aromatic heterocycles. The van der Waals surface area contributed by atoms with Gasteiger partial charge in [0.05, 0.1) is 6.54 Å². The van der Waals surface area contributed by atoms with E-state index in [2.05, 4.69) is 20.4 Å². The number of nitrogens with one attached hydrogen (secondary N) is 1. The fourth-order valence-electron chi connectivity index (χ4n) is 0.898. The van der Waals surface area contributed by atoms with Gasteiger partial charge in [0.25, 0.3) is 0 Å². The highest BCUT2D eigenvalue weighted by atomic mass is 35.5. The molecule has 0 aliphatic rings. The Morgan fingerprint density at radius 3 is 3.00 bits per heavy atom. The van der Waals surface area contributed by atoms with Crippen molar-refractivity contribution < 1.29 is 4.52 Å². The van der Waals surface area contributed by atoms with E-state index in [0.717, 1.165) is 5.13 Å². The zero-order valence-electron chi connectivity index (χ0n) is 7.32. The topological polar surface area (TPSA) is 63.8 Å². The summed E-state index contributed by atoms with van der Waals surface area (Å²) in [5.74, 6) is 1.16. The van der Waals surface area contributed by atoms with Crippen LogP contribution < -0.4 is 5.32 Å². The smallest absolute Gasteiger partial charge is 0.246 e. The molecule has 74 valence electrons. The molecule has 0 amide bonds. The highest BCUT2D eigenvalue weighted by Crippen LogP contribution is 2.19. The van der Waals surface area contributed by atoms with Crippen molar-refractivity contribution in [2.75, 3.05) is 5.32 Å². The molecule has 0 saturated heterocycles. The second-order valence-corrected chi connectivity index (χ2v) is 3.81. The van der Waals surface area contributed by atoms with E-state index >= 15 is 0 Å². The van der Waals surface area contributed by atoms with E-state index in [4.69, 9.17) is 16.1 Å². The van der Waals surface area contributed by atoms with E-state index < -0.39 is 0 Å². The molecule has 0 spiro atoms. The van der Waals surface area contributed by atoms with Crippen molar-refractivity contribution in [3.8, 4) is 0 Å². The first-order valence-corrected chi connectivity index (χ1v) is 5.14. The molecule has 14 heavy (non-hydrogen) atoms. The van der Waals surface area contributed by atoms with E-state index in [1.165, 1.54) is 11.3 Å². The van der Waals surface area contributed by atoms with Crippen molar-refractivity contribution in [3.63, 3.8) is 0 Å². The van der Waals surface area contributed by atoms with Crippen LogP contribution in [0.5, 0.6) is 0 Å². The Kier molecular flexibility index (Phi) is 2.64. The summed E-state index contributed by atoms with van der Waals surface area (Å²) in [6.45, 7) is 2.23. The van der Waals surface area contributed by atoms with Gasteiger partial charge in [0.1, 0.15) is 5.15 Å². The fraction of sp³-hybridized carbons (Fsp3) is 0.286. The molecule has 0 saturated carbocycles. The average molecular weight is 231 g/mol. The summed E-state index contributed by atoms with van der Waals surface area (Å²) in [5.41, 5.74) is 0. The first-order valence-electron chi connectivity index (χ1n) is 3.88. The Balaban J connectivity index is 1.94. The molecule has 0 atom stereocenters. The van der Waals surface area contributed by atoms with Gasteiger partial charge in [-0.2, -0.15) is 4.98 Å². The van der Waals surface area contributed by atoms with Crippen molar-refractivity contribution in [2.45, 2.75) is 13.5 Å². The van der Waals surface area contributed by atoms with Crippen molar-refractivity contribution >= 4 is 28.1 Å². The molecule has 2 rings (SSSR count). The van der Waals surface area contributed by atoms with Gasteiger partial charge >= 0.3 is 0 Å². The maximum Gasteiger partial charge on any atom is 0.246 e. The van der Waals surface area contributed by atoms with Crippen molar-refractivity contribution in [2.24, 2.45) is 0 Å². The Labute approximate surface area is 89.1 Å². The first kappa shape index (κ1) is 9.42. The van der Waals surface area contributed by atoms with Crippen LogP contribution in [-0.2, 0) is 6.54 Å². The van der Waals surface area contributed by atoms with Crippen LogP contribution >= 0.6 is 22.9 Å². The van der Waals surface area contributed by atoms with Gasteiger partial charge in [-0.3, -0.25) is 0 Å². The molecular weight excluding hydrogens is 224 g/mol. The Morgan fingerprint density at radius 2 is 2.43 bits per heavy atom. The normalized spacial score (nSPS) is 10.4. The van der Waals surface area contributed by atoms with E-state index in [9.17, 15) is 0 Å². The largest absolute Gasteiger partial charge is 0.352 e. The Bertz CT molecular complexity index is 387. The molecule has 1 N–H and O–H groups in total. The quantitative estimate of drug-likeness (QED) is 0.875. The van der Waals surface area contributed by atoms with Crippen LogP contribution in [0.1, 0.15) is 11.7 Å². The summed E-state index contributed by atoms with van der Waals surface area (Å²) in [4.78, 5) is 8.05. The van der Waals surface area contributed by atoms with Crippen LogP contribution in [0.2, 0.25) is 5.15 Å². The monoisotopic (exact) mass is 230 g/mol. The highest BCUT2D eigenvalue weighted by Gasteiger charge is 2.03. The SMILES string of the molecule is Cc1noc(CNc2nc(Cl)cs2)n1. The number of anilines is 1. The molecule has 0 fully saturated rings. The molecule has 0 aromatic carbocycles. The number of aryl methyl sites for hydroxylation is 1. The molecule has 7 heteroatoms. The summed E-state index contributed by atoms with van der Waals surface area (Å²) in [6, 6.07) is 0. The van der Waals surface area contributed by atoms with Gasteiger partial charge in [-0.1, -0.05) is 16.8 Å². The van der Waals surface area contributed by atoms with E-state index in [0.29, 0.717) is 23.4 Å². The molecule has 5 nitrogen and oxygen atoms in total. The van der Waals surface area contributed by atoms with Crippen LogP contribution in [0.4, 0.5) is 5.13 Å². The number of halogens is 1. The summed E-state index contributed by atoms with van der Waals surface area (Å²) in [6.07, 6.45) is 0. The van der Waals surface area contributed by atoms with Crippen LogP contribution in [0.15, 0.2) is 9.90 Å². The van der Waals surface area contributed by atoms with E-state index in [1.807, 2.05) is 0 Å². The van der Waals surface area contributed by atoms with Gasteiger partial charge in [-0.25, -0.2) is 4.98 Å². The number of hydrogen-bond donors (Lipinski definition) is 1. The summed E-state index contributed by atoms with van der Waals surface area (Å²) < 4.78 is 4.91. The van der Waals surface area contributed by atoms with Gasteiger partial charge in [-0.15, -0.1) is 11.3 Å². The number of rotatable bonds is 3. The zero-order valence-corrected chi connectivity index (χ0v) is 8.89. The highest BCUT2D eigenvalue weighted by molar-refractivity contribution is 7.14. The number of nitrogens with zero attached hydrogens (tertiary/aromatic N) is 3. The molecule has 0 unspecified atom stereocenters. The Hall–Kier alpha value is -1.14. The molecule has 0 aliphatic heterocycles. The minimum atomic E-state index is 0.463. The molecule has 2 heterocycles. The molecule has 2 aromatic rings. The lowest BCUT2D eigenvalue weighted by atomic mass is 10.6. The van der Waals surface area contributed by atoms with Crippen LogP contribution in [0.3, 0.4) is 0 Å². The summed E-state index contributed by atoms with van der Waals surface area (Å²) >= 11 is 7.09. The maximum absolute atomic E-state index is 5.65. The number of aromatic nitrogens is 3. The third kappa shape index (κ3) is 2.21. The lowest BCUT2D eigenvalue weighted by molar-refractivity contribution is 0.379. The zero-order chi connectivity index (χ0) is 9.97. The van der Waals surface area contributed by atoms with E-state index in [-0.39, 0.29) is 0 Å². The van der Waals surface area contributed by atoms with Crippen molar-refractivity contribution in [3.05, 3.63) is 22.2 Å². The lowest BCUT2D eigenvalue weighted by Gasteiger charge is -1.95. The molecule has 0 bridgehead atoms. The molecular formula is C7H7ClN4OS. The first-order chi connectivity index (χ1) is 6.74. The van der Waals surface area contributed by atoms with Gasteiger partial charge in [0.2, 0.25) is 5.89 Å². The van der Waals surface area contributed by atoms with Gasteiger partial charge in [0.15, 0.2) is 11.0 Å². The van der Waals surface area contributed by atoms with Gasteiger partial charge < -0.3 is 9.84 Å². The number of thiazole rings is 1. The summed E-state index contributed by atoms with van der Waals surface area (Å²) in [5, 5.41) is 9.67. The van der Waals surface area contributed by atoms with Crippen molar-refractivity contribution in [1.82, 2.24) is 15.1 Å². The minimum Gasteiger partial charge on any atom is -0.352 e. The van der Waals surface area contributed by atoms with Gasteiger partial charge in [-0.05, 0) is 6.92 Å². The predicted molar refractivity (Wildman–Crippen MR) is 53.5 cm³/mol. The molecule has 0 radical (unpaired) electrons. The second kappa shape index (κ2) is 3.93. The van der Waals surface area contributed by atoms with Crippen LogP contribution in [0, 0.1) is 6.92 Å². The summed E-state index contributed by atoms with van der Waals surface area (Å²) in [7, 11) is 0. The third-order valence-electron chi connectivity index (χ3n) is 1.44. The van der Waals surface area contributed by atoms with E-state index in [1.54, 1.807) is 12.3 Å². The van der Waals surface area contributed by atoms with Crippen LogP contribution in [-0.4, -0.2) is 15.1 Å². The standard InChI is InChI=1S/C7H7ClN4OS/c1-4-10-6(13-12-4)2-9-7-11-5(8)3-14-7/h3H,2H2,1H3,(H,9,11). The fourth-order valence-corrected chi connectivity index (χ4v) is 1.73. The van der Waals surface area contributed by atoms with Crippen LogP contribution in [0.25, 0.3) is 0 Å². The Morgan fingerprint density at radius 1 is 1.57 bits per heavy atom. The van der Waals surface area contributed by atoms with Crippen molar-refractivity contribution in [1.29, 1.82) is 0 Å². The average Bonchev–Trinajstić information content (AvgIpc) is 2.72. The lowest BCUT2D eigenvalue weighted by Crippen LogP contribution is -1.98.